The number of amides is 2. The van der Waals surface area contributed by atoms with Gasteiger partial charge < -0.3 is 0 Å². The van der Waals surface area contributed by atoms with Gasteiger partial charge in [-0.15, -0.1) is 5.32 Å². The number of benzene rings is 1. The minimum absolute atomic E-state index is 0.0494. The Morgan fingerprint density at radius 3 is 2.43 bits per heavy atom. The van der Waals surface area contributed by atoms with E-state index in [1.165, 1.54) is 18.2 Å². The van der Waals surface area contributed by atoms with E-state index in [4.69, 9.17) is 0 Å². The number of carbonyl (C=O) groups excluding carboxylic acids is 3. The normalized spacial score (nSPS) is 9.14. The Balaban J connectivity index is 2.99. The van der Waals surface area contributed by atoms with E-state index in [1.807, 2.05) is 0 Å². The van der Waals surface area contributed by atoms with Crippen molar-refractivity contribution in [3.63, 3.8) is 0 Å². The Morgan fingerprint density at radius 2 is 1.86 bits per heavy atom. The Hall–Kier alpha value is -2.17. The molecule has 0 aliphatic rings. The highest BCUT2D eigenvalue weighted by molar-refractivity contribution is 6.06. The molecule has 0 saturated carbocycles. The summed E-state index contributed by atoms with van der Waals surface area (Å²) in [4.78, 5) is 31.5. The van der Waals surface area contributed by atoms with Crippen molar-refractivity contribution < 1.29 is 19.5 Å². The maximum absolute atomic E-state index is 11.1. The lowest BCUT2D eigenvalue weighted by atomic mass is 10.1. The second-order valence-electron chi connectivity index (χ2n) is 2.39. The highest BCUT2D eigenvalue weighted by Gasteiger charge is 2.15. The highest BCUT2D eigenvalue weighted by atomic mass is 16.4. The smallest absolute Gasteiger partial charge is 0.298 e. The molecule has 1 rings (SSSR count). The van der Waals surface area contributed by atoms with Gasteiger partial charge in [-0.3, -0.25) is 9.59 Å². The van der Waals surface area contributed by atoms with Gasteiger partial charge in [0.25, 0.3) is 5.91 Å². The Morgan fingerprint density at radius 1 is 1.21 bits per heavy atom. The summed E-state index contributed by atoms with van der Waals surface area (Å²) >= 11 is 0. The molecule has 1 aromatic rings. The number of carbonyl (C=O) groups is 3. The third kappa shape index (κ3) is 2.16. The standard InChI is InChI=1S/C9H5NO4/c11-5-6-3-1-2-4-7(6)8(12)10-9(13)14/h1-5H. The number of hydrogen-bond acceptors (Lipinski definition) is 3. The molecule has 0 fully saturated rings. The van der Waals surface area contributed by atoms with Crippen molar-refractivity contribution in [2.75, 3.05) is 0 Å². The zero-order valence-corrected chi connectivity index (χ0v) is 6.97. The summed E-state index contributed by atoms with van der Waals surface area (Å²) in [6.07, 6.45) is -1.37. The average molecular weight is 191 g/mol. The van der Waals surface area contributed by atoms with Gasteiger partial charge >= 0.3 is 6.09 Å². The molecule has 2 amide bonds. The van der Waals surface area contributed by atoms with Gasteiger partial charge in [0.15, 0.2) is 6.29 Å². The molecule has 0 spiro atoms. The first-order valence-corrected chi connectivity index (χ1v) is 3.66. The molecular weight excluding hydrogens is 186 g/mol. The second kappa shape index (κ2) is 4.18. The van der Waals surface area contributed by atoms with Gasteiger partial charge in [-0.2, -0.15) is 0 Å². The van der Waals surface area contributed by atoms with Crippen molar-refractivity contribution >= 4 is 18.3 Å². The molecule has 0 saturated heterocycles. The van der Waals surface area contributed by atoms with Crippen LogP contribution in [0.15, 0.2) is 24.3 Å². The fourth-order valence-corrected chi connectivity index (χ4v) is 0.938. The predicted octanol–water partition coefficient (Wildman–Crippen LogP) is 0.794. The van der Waals surface area contributed by atoms with Crippen molar-refractivity contribution in [3.8, 4) is 0 Å². The van der Waals surface area contributed by atoms with E-state index in [2.05, 4.69) is 5.32 Å². The maximum atomic E-state index is 11.1. The molecule has 0 bridgehead atoms. The van der Waals surface area contributed by atoms with Crippen molar-refractivity contribution in [2.45, 2.75) is 0 Å². The molecule has 0 N–H and O–H groups in total. The molecule has 2 radical (unpaired) electrons. The van der Waals surface area contributed by atoms with E-state index in [0.717, 1.165) is 0 Å². The van der Waals surface area contributed by atoms with Gasteiger partial charge in [-0.25, -0.2) is 9.90 Å². The largest absolute Gasteiger partial charge is 0.479 e. The van der Waals surface area contributed by atoms with Crippen LogP contribution in [0.2, 0.25) is 0 Å². The topological polar surface area (TPSA) is 85.2 Å². The lowest BCUT2D eigenvalue weighted by Crippen LogP contribution is -2.21. The van der Waals surface area contributed by atoms with Crippen LogP contribution in [0.3, 0.4) is 0 Å². The molecule has 0 aromatic heterocycles. The molecule has 70 valence electrons. The summed E-state index contributed by atoms with van der Waals surface area (Å²) in [7, 11) is 0. The summed E-state index contributed by atoms with van der Waals surface area (Å²) in [5.74, 6) is -0.993. The number of hydrogen-bond donors (Lipinski definition) is 0. The number of imide groups is 1. The molecule has 0 heterocycles. The van der Waals surface area contributed by atoms with Crippen LogP contribution < -0.4 is 5.32 Å². The molecular formula is C9H5NO4. The van der Waals surface area contributed by atoms with Crippen LogP contribution in [0.5, 0.6) is 0 Å². The SMILES string of the molecule is [O]C(=O)[N]C(=O)c1ccccc1C=O. The Bertz CT molecular complexity index is 386. The van der Waals surface area contributed by atoms with E-state index in [-0.39, 0.29) is 11.1 Å². The van der Waals surface area contributed by atoms with Crippen LogP contribution in [0.1, 0.15) is 20.7 Å². The number of aldehydes is 1. The van der Waals surface area contributed by atoms with Crippen LogP contribution in [-0.2, 0) is 5.11 Å². The van der Waals surface area contributed by atoms with Gasteiger partial charge in [0, 0.05) is 5.56 Å². The Labute approximate surface area is 79.4 Å². The fourth-order valence-electron chi connectivity index (χ4n) is 0.938. The average Bonchev–Trinajstić information content (AvgIpc) is 2.16. The molecule has 0 atom stereocenters. The molecule has 14 heavy (non-hydrogen) atoms. The summed E-state index contributed by atoms with van der Waals surface area (Å²) in [6.45, 7) is 0. The second-order valence-corrected chi connectivity index (χ2v) is 2.39. The van der Waals surface area contributed by atoms with Crippen molar-refractivity contribution in [1.82, 2.24) is 5.32 Å². The first-order chi connectivity index (χ1) is 6.65. The molecule has 0 unspecified atom stereocenters. The third-order valence-electron chi connectivity index (χ3n) is 1.51. The summed E-state index contributed by atoms with van der Waals surface area (Å²) in [6, 6.07) is 5.77. The Kier molecular flexibility index (Phi) is 2.96. The van der Waals surface area contributed by atoms with E-state index in [9.17, 15) is 19.5 Å². The minimum Gasteiger partial charge on any atom is -0.298 e. The van der Waals surface area contributed by atoms with Crippen LogP contribution in [0.4, 0.5) is 4.79 Å². The first kappa shape index (κ1) is 9.91. The number of nitrogens with zero attached hydrogens (tertiary/aromatic N) is 1. The van der Waals surface area contributed by atoms with Crippen molar-refractivity contribution in [2.24, 2.45) is 0 Å². The van der Waals surface area contributed by atoms with Gasteiger partial charge in [0.05, 0.1) is 5.56 Å². The van der Waals surface area contributed by atoms with Gasteiger partial charge in [-0.1, -0.05) is 18.2 Å². The van der Waals surface area contributed by atoms with Crippen LogP contribution in [0.25, 0.3) is 0 Å². The molecule has 1 aromatic carbocycles. The van der Waals surface area contributed by atoms with Crippen molar-refractivity contribution in [1.29, 1.82) is 0 Å². The minimum atomic E-state index is -1.82. The summed E-state index contributed by atoms with van der Waals surface area (Å²) < 4.78 is 0. The zero-order chi connectivity index (χ0) is 10.6. The van der Waals surface area contributed by atoms with E-state index < -0.39 is 12.0 Å². The van der Waals surface area contributed by atoms with Crippen LogP contribution in [-0.4, -0.2) is 18.3 Å². The van der Waals surface area contributed by atoms with E-state index in [1.54, 1.807) is 6.07 Å². The fraction of sp³-hybridized carbons (Fsp3) is 0. The van der Waals surface area contributed by atoms with Crippen molar-refractivity contribution in [3.05, 3.63) is 35.4 Å². The van der Waals surface area contributed by atoms with Gasteiger partial charge in [0.1, 0.15) is 0 Å². The molecule has 5 nitrogen and oxygen atoms in total. The van der Waals surface area contributed by atoms with E-state index in [0.29, 0.717) is 6.29 Å². The highest BCUT2D eigenvalue weighted by Crippen LogP contribution is 2.06. The molecule has 5 heteroatoms. The quantitative estimate of drug-likeness (QED) is 0.647. The zero-order valence-electron chi connectivity index (χ0n) is 6.97. The molecule has 0 aliphatic carbocycles. The summed E-state index contributed by atoms with van der Waals surface area (Å²) in [5.41, 5.74) is 0.0502. The molecule has 0 aliphatic heterocycles. The maximum Gasteiger partial charge on any atom is 0.479 e. The van der Waals surface area contributed by atoms with Crippen LogP contribution >= 0.6 is 0 Å². The third-order valence-corrected chi connectivity index (χ3v) is 1.51. The van der Waals surface area contributed by atoms with Gasteiger partial charge in [0.2, 0.25) is 0 Å². The lowest BCUT2D eigenvalue weighted by molar-refractivity contribution is 0.0923. The van der Waals surface area contributed by atoms with Gasteiger partial charge in [-0.05, 0) is 6.07 Å². The van der Waals surface area contributed by atoms with Crippen LogP contribution in [0, 0.1) is 0 Å². The number of rotatable bonds is 2. The summed E-state index contributed by atoms with van der Waals surface area (Å²) in [5, 5.41) is 12.7. The monoisotopic (exact) mass is 191 g/mol. The lowest BCUT2D eigenvalue weighted by Gasteiger charge is -1.99. The predicted molar refractivity (Wildman–Crippen MR) is 44.4 cm³/mol. The first-order valence-electron chi connectivity index (χ1n) is 3.66. The van der Waals surface area contributed by atoms with E-state index >= 15 is 0 Å².